The molecule has 16 heavy (non-hydrogen) atoms. The quantitative estimate of drug-likeness (QED) is 0.614. The Balaban J connectivity index is 3.28. The summed E-state index contributed by atoms with van der Waals surface area (Å²) in [6, 6.07) is 0. The van der Waals surface area contributed by atoms with Gasteiger partial charge in [-0.1, -0.05) is 32.4 Å². The van der Waals surface area contributed by atoms with E-state index in [1.165, 1.54) is 4.90 Å². The number of carbonyl (C=O) groups excluding carboxylic acids is 2. The summed E-state index contributed by atoms with van der Waals surface area (Å²) < 4.78 is 0. The van der Waals surface area contributed by atoms with Crippen LogP contribution in [0.4, 0.5) is 0 Å². The highest BCUT2D eigenvalue weighted by atomic mass is 35.5. The van der Waals surface area contributed by atoms with Crippen LogP contribution in [0.3, 0.4) is 0 Å². The van der Waals surface area contributed by atoms with Crippen LogP contribution in [0.25, 0.3) is 0 Å². The molecule has 3 nitrogen and oxygen atoms in total. The molecule has 4 heteroatoms. The number of imide groups is 1. The largest absolute Gasteiger partial charge is 0.273 e. The third kappa shape index (κ3) is 2.01. The Morgan fingerprint density at radius 3 is 1.56 bits per heavy atom. The van der Waals surface area contributed by atoms with E-state index in [1.54, 1.807) is 0 Å². The van der Waals surface area contributed by atoms with Gasteiger partial charge in [-0.2, -0.15) is 0 Å². The molecule has 0 fully saturated rings. The number of nitrogens with zero attached hydrogens (tertiary/aromatic N) is 1. The third-order valence-corrected chi connectivity index (χ3v) is 2.80. The van der Waals surface area contributed by atoms with Crippen molar-refractivity contribution in [3.63, 3.8) is 0 Å². The van der Waals surface area contributed by atoms with Crippen molar-refractivity contribution < 1.29 is 9.59 Å². The molecule has 0 aliphatic carbocycles. The summed E-state index contributed by atoms with van der Waals surface area (Å²) in [7, 11) is 0. The summed E-state index contributed by atoms with van der Waals surface area (Å²) in [6.07, 6.45) is 0. The van der Waals surface area contributed by atoms with Gasteiger partial charge in [0.25, 0.3) is 11.8 Å². The van der Waals surface area contributed by atoms with E-state index in [9.17, 15) is 9.59 Å². The van der Waals surface area contributed by atoms with E-state index in [4.69, 9.17) is 11.6 Å². The molecule has 0 spiro atoms. The minimum Gasteiger partial charge on any atom is -0.269 e. The van der Waals surface area contributed by atoms with E-state index in [1.807, 2.05) is 41.5 Å². The summed E-state index contributed by atoms with van der Waals surface area (Å²) in [5.41, 5.74) is -0.542. The molecule has 0 bridgehead atoms. The minimum atomic E-state index is -0.540. The Labute approximate surface area is 101 Å². The van der Waals surface area contributed by atoms with Gasteiger partial charge >= 0.3 is 0 Å². The fourth-order valence-electron chi connectivity index (χ4n) is 1.76. The zero-order chi connectivity index (χ0) is 12.9. The topological polar surface area (TPSA) is 37.4 Å². The first kappa shape index (κ1) is 13.2. The Bertz CT molecular complexity index is 383. The molecule has 2 amide bonds. The average molecular weight is 244 g/mol. The zero-order valence-corrected chi connectivity index (χ0v) is 11.4. The fraction of sp³-hybridized carbons (Fsp3) is 0.667. The molecule has 0 aromatic carbocycles. The third-order valence-electron chi connectivity index (χ3n) is 2.45. The van der Waals surface area contributed by atoms with Gasteiger partial charge < -0.3 is 0 Å². The van der Waals surface area contributed by atoms with Crippen LogP contribution in [-0.2, 0) is 9.59 Å². The SMILES string of the molecule is CC(C)(C)C1=C(Cl)C(=O)N(C(C)(C)C)C1=O. The lowest BCUT2D eigenvalue weighted by Gasteiger charge is -2.31. The molecule has 0 atom stereocenters. The lowest BCUT2D eigenvalue weighted by molar-refractivity contribution is -0.143. The van der Waals surface area contributed by atoms with Crippen molar-refractivity contribution in [1.29, 1.82) is 0 Å². The molecule has 0 saturated heterocycles. The second kappa shape index (κ2) is 3.59. The number of hydrogen-bond acceptors (Lipinski definition) is 2. The van der Waals surface area contributed by atoms with Crippen LogP contribution < -0.4 is 0 Å². The van der Waals surface area contributed by atoms with Crippen LogP contribution in [0.2, 0.25) is 0 Å². The van der Waals surface area contributed by atoms with Gasteiger partial charge in [-0.3, -0.25) is 14.5 Å². The van der Waals surface area contributed by atoms with E-state index in [-0.39, 0.29) is 16.8 Å². The van der Waals surface area contributed by atoms with Crippen molar-refractivity contribution in [2.75, 3.05) is 0 Å². The minimum absolute atomic E-state index is 0.0624. The molecule has 0 saturated carbocycles. The van der Waals surface area contributed by atoms with Gasteiger partial charge in [-0.25, -0.2) is 0 Å². The molecule has 1 rings (SSSR count). The second-order valence-electron chi connectivity index (χ2n) is 6.06. The average Bonchev–Trinajstić information content (AvgIpc) is 2.19. The van der Waals surface area contributed by atoms with E-state index in [0.29, 0.717) is 5.57 Å². The van der Waals surface area contributed by atoms with Crippen LogP contribution in [0.5, 0.6) is 0 Å². The molecular weight excluding hydrogens is 226 g/mol. The summed E-state index contributed by atoms with van der Waals surface area (Å²) in [5.74, 6) is -0.654. The van der Waals surface area contributed by atoms with E-state index in [2.05, 4.69) is 0 Å². The van der Waals surface area contributed by atoms with Crippen molar-refractivity contribution in [3.05, 3.63) is 10.6 Å². The van der Waals surface area contributed by atoms with Gasteiger partial charge in [0.2, 0.25) is 0 Å². The first-order chi connectivity index (χ1) is 6.98. The predicted octanol–water partition coefficient (Wildman–Crippen LogP) is 2.69. The number of carbonyl (C=O) groups is 2. The number of rotatable bonds is 0. The molecular formula is C12H18ClNO2. The smallest absolute Gasteiger partial charge is 0.269 e. The van der Waals surface area contributed by atoms with E-state index in [0.717, 1.165) is 0 Å². The van der Waals surface area contributed by atoms with Crippen molar-refractivity contribution in [3.8, 4) is 0 Å². The van der Waals surface area contributed by atoms with E-state index < -0.39 is 11.0 Å². The molecule has 90 valence electrons. The van der Waals surface area contributed by atoms with Gasteiger partial charge in [0.1, 0.15) is 5.03 Å². The molecule has 1 aliphatic rings. The van der Waals surface area contributed by atoms with Crippen LogP contribution in [0.15, 0.2) is 10.6 Å². The number of hydrogen-bond donors (Lipinski definition) is 0. The molecule has 0 N–H and O–H groups in total. The maximum atomic E-state index is 12.2. The highest BCUT2D eigenvalue weighted by Gasteiger charge is 2.46. The summed E-state index contributed by atoms with van der Waals surface area (Å²) in [6.45, 7) is 11.1. The first-order valence-corrected chi connectivity index (χ1v) is 5.65. The Kier molecular flexibility index (Phi) is 2.97. The van der Waals surface area contributed by atoms with Crippen LogP contribution >= 0.6 is 11.6 Å². The normalized spacial score (nSPS) is 18.8. The Morgan fingerprint density at radius 2 is 1.38 bits per heavy atom. The fourth-order valence-corrected chi connectivity index (χ4v) is 2.21. The lowest BCUT2D eigenvalue weighted by atomic mass is 9.86. The van der Waals surface area contributed by atoms with Crippen molar-refractivity contribution in [1.82, 2.24) is 4.90 Å². The number of amides is 2. The van der Waals surface area contributed by atoms with Crippen molar-refractivity contribution in [2.45, 2.75) is 47.1 Å². The first-order valence-electron chi connectivity index (χ1n) is 5.27. The Morgan fingerprint density at radius 1 is 0.938 bits per heavy atom. The maximum Gasteiger partial charge on any atom is 0.273 e. The maximum absolute atomic E-state index is 12.2. The second-order valence-corrected chi connectivity index (χ2v) is 6.43. The van der Waals surface area contributed by atoms with Gasteiger partial charge in [0.05, 0.1) is 0 Å². The van der Waals surface area contributed by atoms with Gasteiger partial charge in [-0.05, 0) is 26.2 Å². The Hall–Kier alpha value is -0.830. The van der Waals surface area contributed by atoms with Gasteiger partial charge in [-0.15, -0.1) is 0 Å². The van der Waals surface area contributed by atoms with Gasteiger partial charge in [0.15, 0.2) is 0 Å². The van der Waals surface area contributed by atoms with Crippen molar-refractivity contribution >= 4 is 23.4 Å². The van der Waals surface area contributed by atoms with Gasteiger partial charge in [0, 0.05) is 11.1 Å². The molecule has 1 aliphatic heterocycles. The van der Waals surface area contributed by atoms with Crippen LogP contribution in [0.1, 0.15) is 41.5 Å². The zero-order valence-electron chi connectivity index (χ0n) is 10.6. The highest BCUT2D eigenvalue weighted by molar-refractivity contribution is 6.48. The predicted molar refractivity (Wildman–Crippen MR) is 63.9 cm³/mol. The van der Waals surface area contributed by atoms with E-state index >= 15 is 0 Å². The lowest BCUT2D eigenvalue weighted by Crippen LogP contribution is -2.46. The standard InChI is InChI=1S/C12H18ClNO2/c1-11(2,3)7-8(13)10(16)14(9(7)15)12(4,5)6/h1-6H3. The van der Waals surface area contributed by atoms with Crippen LogP contribution in [0, 0.1) is 5.41 Å². The molecule has 0 radical (unpaired) electrons. The molecule has 0 unspecified atom stereocenters. The monoisotopic (exact) mass is 243 g/mol. The summed E-state index contributed by atoms with van der Waals surface area (Å²) >= 11 is 5.98. The number of halogens is 1. The molecule has 0 aromatic heterocycles. The summed E-state index contributed by atoms with van der Waals surface area (Å²) in [4.78, 5) is 25.3. The molecule has 1 heterocycles. The highest BCUT2D eigenvalue weighted by Crippen LogP contribution is 2.39. The van der Waals surface area contributed by atoms with Crippen molar-refractivity contribution in [2.24, 2.45) is 5.41 Å². The molecule has 0 aromatic rings. The summed E-state index contributed by atoms with van der Waals surface area (Å²) in [5, 5.41) is 0.0624. The van der Waals surface area contributed by atoms with Crippen LogP contribution in [-0.4, -0.2) is 22.3 Å².